The number of carboxylic acid groups (broad SMARTS) is 1. The fourth-order valence-electron chi connectivity index (χ4n) is 4.18. The molecule has 2 unspecified atom stereocenters. The molecule has 0 aliphatic carbocycles. The average Bonchev–Trinajstić information content (AvgIpc) is 3.04. The number of carbonyl (C=O) groups excluding carboxylic acids is 1. The van der Waals surface area contributed by atoms with Gasteiger partial charge in [-0.1, -0.05) is 18.2 Å². The second-order valence-electron chi connectivity index (χ2n) is 9.05. The maximum atomic E-state index is 15.1. The summed E-state index contributed by atoms with van der Waals surface area (Å²) in [4.78, 5) is 25.5. The van der Waals surface area contributed by atoms with Gasteiger partial charge in [-0.15, -0.1) is 4.48 Å². The van der Waals surface area contributed by atoms with E-state index < -0.39 is 46.0 Å². The van der Waals surface area contributed by atoms with Crippen LogP contribution in [-0.4, -0.2) is 33.4 Å². The van der Waals surface area contributed by atoms with Crippen LogP contribution in [0.3, 0.4) is 0 Å². The quantitative estimate of drug-likeness (QED) is 0.564. The molecule has 2 amide bonds. The zero-order valence-electron chi connectivity index (χ0n) is 18.6. The van der Waals surface area contributed by atoms with Gasteiger partial charge in [0, 0.05) is 30.0 Å². The number of hydrogen-bond acceptors (Lipinski definition) is 4. The molecule has 32 heavy (non-hydrogen) atoms. The SMILES string of the molecule is CC1CC[C@H](c2ccc(OCc3ccccc3F)cc2F)[N+]1(C(=O)O)C(=O)OC(C)(C)C. The van der Waals surface area contributed by atoms with Crippen molar-refractivity contribution in [1.29, 1.82) is 0 Å². The monoisotopic (exact) mass is 448 g/mol. The highest BCUT2D eigenvalue weighted by molar-refractivity contribution is 5.76. The molecule has 0 spiro atoms. The number of rotatable bonds is 4. The maximum Gasteiger partial charge on any atom is 0.527 e. The van der Waals surface area contributed by atoms with Gasteiger partial charge in [-0.05, 0) is 45.9 Å². The van der Waals surface area contributed by atoms with Crippen molar-refractivity contribution in [3.8, 4) is 5.75 Å². The predicted molar refractivity (Wildman–Crippen MR) is 113 cm³/mol. The lowest BCUT2D eigenvalue weighted by Crippen LogP contribution is -2.61. The number of benzene rings is 2. The highest BCUT2D eigenvalue weighted by atomic mass is 19.1. The average molecular weight is 448 g/mol. The number of amides is 2. The van der Waals surface area contributed by atoms with E-state index in [1.807, 2.05) is 0 Å². The van der Waals surface area contributed by atoms with Crippen LogP contribution in [0, 0.1) is 11.6 Å². The molecule has 1 aliphatic rings. The third-order valence-electron chi connectivity index (χ3n) is 5.74. The van der Waals surface area contributed by atoms with Gasteiger partial charge in [0.15, 0.2) is 0 Å². The standard InChI is InChI=1S/C24H27F2NO5/c1-15-9-12-21(27(15,22(28)29)23(30)32-24(2,3)4)18-11-10-17(13-20(18)26)31-14-16-7-5-6-8-19(16)25/h5-8,10-11,13,15,21H,9,12,14H2,1-4H3/p+1/t15?,21-,27?/m1/s1. The Hall–Kier alpha value is -3.00. The molecule has 3 rings (SSSR count). The summed E-state index contributed by atoms with van der Waals surface area (Å²) in [6.45, 7) is 6.53. The highest BCUT2D eigenvalue weighted by Crippen LogP contribution is 2.46. The van der Waals surface area contributed by atoms with Crippen LogP contribution < -0.4 is 4.74 Å². The number of quaternary nitrogens is 1. The van der Waals surface area contributed by atoms with E-state index in [2.05, 4.69) is 0 Å². The van der Waals surface area contributed by atoms with Crippen LogP contribution in [0.15, 0.2) is 42.5 Å². The molecule has 0 aromatic heterocycles. The minimum absolute atomic E-state index is 0.0844. The van der Waals surface area contributed by atoms with E-state index >= 15 is 4.39 Å². The first kappa shape index (κ1) is 23.7. The molecule has 2 aromatic rings. The molecule has 1 fully saturated rings. The topological polar surface area (TPSA) is 72.8 Å². The lowest BCUT2D eigenvalue weighted by Gasteiger charge is -2.36. The van der Waals surface area contributed by atoms with Gasteiger partial charge in [-0.3, -0.25) is 0 Å². The molecular weight excluding hydrogens is 420 g/mol. The van der Waals surface area contributed by atoms with Crippen LogP contribution >= 0.6 is 0 Å². The smallest absolute Gasteiger partial charge is 0.489 e. The number of likely N-dealkylation sites (tertiary alicyclic amines) is 1. The zero-order chi connectivity index (χ0) is 23.7. The van der Waals surface area contributed by atoms with Gasteiger partial charge in [-0.25, -0.2) is 8.78 Å². The Morgan fingerprint density at radius 3 is 2.38 bits per heavy atom. The second-order valence-corrected chi connectivity index (χ2v) is 9.05. The van der Waals surface area contributed by atoms with Crippen molar-refractivity contribution in [1.82, 2.24) is 0 Å². The van der Waals surface area contributed by atoms with Crippen molar-refractivity contribution in [2.45, 2.75) is 64.8 Å². The molecule has 3 atom stereocenters. The van der Waals surface area contributed by atoms with Crippen LogP contribution in [0.2, 0.25) is 0 Å². The Morgan fingerprint density at radius 1 is 1.09 bits per heavy atom. The van der Waals surface area contributed by atoms with E-state index in [0.717, 1.165) is 6.07 Å². The summed E-state index contributed by atoms with van der Waals surface area (Å²) in [6.07, 6.45) is -1.58. The van der Waals surface area contributed by atoms with Gasteiger partial charge in [0.1, 0.15) is 41.7 Å². The summed E-state index contributed by atoms with van der Waals surface area (Å²) in [7, 11) is 0. The summed E-state index contributed by atoms with van der Waals surface area (Å²) in [5.74, 6) is -0.945. The Balaban J connectivity index is 1.90. The fraction of sp³-hybridized carbons (Fsp3) is 0.417. The number of imide groups is 1. The van der Waals surface area contributed by atoms with E-state index in [1.165, 1.54) is 18.2 Å². The Morgan fingerprint density at radius 2 is 1.78 bits per heavy atom. The van der Waals surface area contributed by atoms with Crippen molar-refractivity contribution in [3.05, 3.63) is 65.2 Å². The van der Waals surface area contributed by atoms with Gasteiger partial charge >= 0.3 is 12.2 Å². The number of ether oxygens (including phenoxy) is 2. The fourth-order valence-corrected chi connectivity index (χ4v) is 4.18. The Bertz CT molecular complexity index is 1020. The van der Waals surface area contributed by atoms with E-state index in [-0.39, 0.29) is 17.9 Å². The van der Waals surface area contributed by atoms with E-state index in [4.69, 9.17) is 9.47 Å². The summed E-state index contributed by atoms with van der Waals surface area (Å²) < 4.78 is 38.8. The number of nitrogens with zero attached hydrogens (tertiary/aromatic N) is 1. The summed E-state index contributed by atoms with van der Waals surface area (Å²) >= 11 is 0. The first-order chi connectivity index (χ1) is 15.0. The minimum atomic E-state index is -1.38. The lowest BCUT2D eigenvalue weighted by molar-refractivity contribution is -0.827. The van der Waals surface area contributed by atoms with Crippen LogP contribution in [0.25, 0.3) is 0 Å². The molecule has 6 nitrogen and oxygen atoms in total. The Kier molecular flexibility index (Phi) is 6.55. The lowest BCUT2D eigenvalue weighted by atomic mass is 10.0. The van der Waals surface area contributed by atoms with Gasteiger partial charge in [-0.2, -0.15) is 9.59 Å². The van der Waals surface area contributed by atoms with Crippen LogP contribution in [0.5, 0.6) is 5.75 Å². The molecule has 1 N–H and O–H groups in total. The largest absolute Gasteiger partial charge is 0.527 e. The molecule has 1 aliphatic heterocycles. The van der Waals surface area contributed by atoms with Crippen molar-refractivity contribution in [3.63, 3.8) is 0 Å². The first-order valence-corrected chi connectivity index (χ1v) is 10.5. The normalized spacial score (nSPS) is 23.1. The summed E-state index contributed by atoms with van der Waals surface area (Å²) in [6, 6.07) is 8.62. The summed E-state index contributed by atoms with van der Waals surface area (Å²) in [5, 5.41) is 10.1. The number of carbonyl (C=O) groups is 2. The second kappa shape index (κ2) is 8.86. The van der Waals surface area contributed by atoms with Crippen LogP contribution in [0.4, 0.5) is 18.4 Å². The summed E-state index contributed by atoms with van der Waals surface area (Å²) in [5.41, 5.74) is -0.470. The Labute approximate surface area is 186 Å². The van der Waals surface area contributed by atoms with E-state index in [0.29, 0.717) is 18.4 Å². The van der Waals surface area contributed by atoms with Gasteiger partial charge < -0.3 is 14.6 Å². The van der Waals surface area contributed by atoms with Crippen LogP contribution in [-0.2, 0) is 11.3 Å². The molecule has 172 valence electrons. The molecule has 0 radical (unpaired) electrons. The van der Waals surface area contributed by atoms with Crippen molar-refractivity contribution >= 4 is 12.2 Å². The van der Waals surface area contributed by atoms with Crippen molar-refractivity contribution < 1.29 is 37.4 Å². The molecule has 0 saturated carbocycles. The molecule has 1 saturated heterocycles. The number of hydrogen-bond donors (Lipinski definition) is 1. The third kappa shape index (κ3) is 4.46. The number of halogens is 2. The maximum absolute atomic E-state index is 15.1. The molecule has 1 heterocycles. The van der Waals surface area contributed by atoms with E-state index in [1.54, 1.807) is 45.9 Å². The zero-order valence-corrected chi connectivity index (χ0v) is 18.6. The molecule has 8 heteroatoms. The van der Waals surface area contributed by atoms with Gasteiger partial charge in [0.25, 0.3) is 0 Å². The first-order valence-electron chi connectivity index (χ1n) is 10.5. The minimum Gasteiger partial charge on any atom is -0.489 e. The molecular formula is C24H28F2NO5+. The van der Waals surface area contributed by atoms with Crippen LogP contribution in [0.1, 0.15) is 57.7 Å². The van der Waals surface area contributed by atoms with Crippen molar-refractivity contribution in [2.75, 3.05) is 0 Å². The highest BCUT2D eigenvalue weighted by Gasteiger charge is 2.62. The molecule has 2 aromatic carbocycles. The van der Waals surface area contributed by atoms with Crippen molar-refractivity contribution in [2.24, 2.45) is 0 Å². The molecule has 0 bridgehead atoms. The third-order valence-corrected chi connectivity index (χ3v) is 5.74. The van der Waals surface area contributed by atoms with E-state index in [9.17, 15) is 19.1 Å². The predicted octanol–water partition coefficient (Wildman–Crippen LogP) is 6.20. The van der Waals surface area contributed by atoms with Gasteiger partial charge in [0.2, 0.25) is 0 Å². The van der Waals surface area contributed by atoms with Gasteiger partial charge in [0.05, 0.1) is 0 Å².